The predicted molar refractivity (Wildman–Crippen MR) is 84.5 cm³/mol. The number of hydrogen-bond acceptors (Lipinski definition) is 5. The van der Waals surface area contributed by atoms with Crippen LogP contribution in [0.5, 0.6) is 5.75 Å². The van der Waals surface area contributed by atoms with Gasteiger partial charge in [0.15, 0.2) is 0 Å². The average Bonchev–Trinajstić information content (AvgIpc) is 2.67. The van der Waals surface area contributed by atoms with Crippen LogP contribution in [-0.2, 0) is 16.0 Å². The minimum Gasteiger partial charge on any atom is -0.491 e. The summed E-state index contributed by atoms with van der Waals surface area (Å²) >= 11 is 0. The Morgan fingerprint density at radius 2 is 2.04 bits per heavy atom. The van der Waals surface area contributed by atoms with Crippen molar-refractivity contribution >= 4 is 12.1 Å². The van der Waals surface area contributed by atoms with Gasteiger partial charge < -0.3 is 19.1 Å². The van der Waals surface area contributed by atoms with Gasteiger partial charge in [0.05, 0.1) is 25.3 Å². The van der Waals surface area contributed by atoms with Crippen LogP contribution in [0.4, 0.5) is 4.79 Å². The summed E-state index contributed by atoms with van der Waals surface area (Å²) in [6.45, 7) is 8.69. The van der Waals surface area contributed by atoms with Crippen LogP contribution < -0.4 is 4.74 Å². The molecule has 1 aliphatic heterocycles. The monoisotopic (exact) mass is 321 g/mol. The molecule has 1 aromatic carbocycles. The molecule has 1 aliphatic rings. The molecule has 0 bridgehead atoms. The van der Waals surface area contributed by atoms with Gasteiger partial charge in [-0.15, -0.1) is 0 Å². The average molecular weight is 321 g/mol. The molecule has 0 saturated carbocycles. The lowest BCUT2D eigenvalue weighted by Crippen LogP contribution is -2.37. The summed E-state index contributed by atoms with van der Waals surface area (Å²) in [5, 5.41) is 0. The fraction of sp³-hybridized carbons (Fsp3) is 0.529. The minimum atomic E-state index is -0.556. The lowest BCUT2D eigenvalue weighted by atomic mass is 10.1. The summed E-state index contributed by atoms with van der Waals surface area (Å²) in [5.41, 5.74) is 0.652. The van der Waals surface area contributed by atoms with Crippen LogP contribution in [0.25, 0.3) is 0 Å². The summed E-state index contributed by atoms with van der Waals surface area (Å²) in [7, 11) is 0. The molecule has 0 fully saturated rings. The van der Waals surface area contributed by atoms with E-state index in [-0.39, 0.29) is 5.97 Å². The van der Waals surface area contributed by atoms with Crippen LogP contribution in [0, 0.1) is 0 Å². The maximum atomic E-state index is 12.3. The molecule has 126 valence electrons. The van der Waals surface area contributed by atoms with Crippen molar-refractivity contribution in [2.45, 2.75) is 39.8 Å². The third-order valence-electron chi connectivity index (χ3n) is 3.20. The van der Waals surface area contributed by atoms with Gasteiger partial charge in [-0.25, -0.2) is 9.59 Å². The smallest absolute Gasteiger partial charge is 0.410 e. The zero-order valence-corrected chi connectivity index (χ0v) is 14.0. The maximum Gasteiger partial charge on any atom is 0.410 e. The van der Waals surface area contributed by atoms with Gasteiger partial charge >= 0.3 is 12.1 Å². The Morgan fingerprint density at radius 3 is 2.70 bits per heavy atom. The lowest BCUT2D eigenvalue weighted by molar-refractivity contribution is 0.0225. The molecule has 0 unspecified atom stereocenters. The largest absolute Gasteiger partial charge is 0.491 e. The molecule has 0 aliphatic carbocycles. The van der Waals surface area contributed by atoms with Crippen molar-refractivity contribution in [1.29, 1.82) is 0 Å². The van der Waals surface area contributed by atoms with Crippen molar-refractivity contribution in [3.05, 3.63) is 29.3 Å². The predicted octanol–water partition coefficient (Wildman–Crippen LogP) is 2.99. The first-order valence-electron chi connectivity index (χ1n) is 7.71. The van der Waals surface area contributed by atoms with Crippen molar-refractivity contribution in [2.24, 2.45) is 0 Å². The van der Waals surface area contributed by atoms with Crippen molar-refractivity contribution in [3.63, 3.8) is 0 Å². The fourth-order valence-corrected chi connectivity index (χ4v) is 2.22. The van der Waals surface area contributed by atoms with E-state index in [1.165, 1.54) is 0 Å². The number of benzene rings is 1. The van der Waals surface area contributed by atoms with E-state index in [0.29, 0.717) is 37.6 Å². The van der Waals surface area contributed by atoms with E-state index in [9.17, 15) is 9.59 Å². The molecule has 0 radical (unpaired) electrons. The second-order valence-electron chi connectivity index (χ2n) is 6.29. The summed E-state index contributed by atoms with van der Waals surface area (Å²) in [6, 6.07) is 5.11. The molecule has 2 rings (SSSR count). The number of fused-ring (bicyclic) bond motifs is 1. The van der Waals surface area contributed by atoms with Gasteiger partial charge in [0, 0.05) is 5.56 Å². The molecule has 0 spiro atoms. The Labute approximate surface area is 136 Å². The number of hydrogen-bond donors (Lipinski definition) is 0. The SMILES string of the molecule is CCOC(=O)c1ccc2c(c1)CN(C(=O)OC(C)(C)C)CCO2. The van der Waals surface area contributed by atoms with E-state index in [1.54, 1.807) is 30.0 Å². The van der Waals surface area contributed by atoms with E-state index in [1.807, 2.05) is 20.8 Å². The quantitative estimate of drug-likeness (QED) is 0.784. The molecule has 6 heteroatoms. The summed E-state index contributed by atoms with van der Waals surface area (Å²) in [5.74, 6) is 0.285. The summed E-state index contributed by atoms with van der Waals surface area (Å²) in [6.07, 6.45) is -0.393. The Kier molecular flexibility index (Phi) is 5.13. The van der Waals surface area contributed by atoms with E-state index in [4.69, 9.17) is 14.2 Å². The first kappa shape index (κ1) is 17.1. The van der Waals surface area contributed by atoms with Crippen LogP contribution in [0.15, 0.2) is 18.2 Å². The number of rotatable bonds is 2. The van der Waals surface area contributed by atoms with Crippen LogP contribution >= 0.6 is 0 Å². The molecule has 0 atom stereocenters. The van der Waals surface area contributed by atoms with Gasteiger partial charge in [0.25, 0.3) is 0 Å². The first-order valence-corrected chi connectivity index (χ1v) is 7.71. The van der Waals surface area contributed by atoms with Crippen LogP contribution in [-0.4, -0.2) is 42.3 Å². The molecular weight excluding hydrogens is 298 g/mol. The van der Waals surface area contributed by atoms with Crippen molar-refractivity contribution < 1.29 is 23.8 Å². The third kappa shape index (κ3) is 4.61. The number of amides is 1. The van der Waals surface area contributed by atoms with Crippen LogP contribution in [0.1, 0.15) is 43.6 Å². The second-order valence-corrected chi connectivity index (χ2v) is 6.29. The zero-order valence-electron chi connectivity index (χ0n) is 14.0. The lowest BCUT2D eigenvalue weighted by Gasteiger charge is -2.26. The van der Waals surface area contributed by atoms with Crippen molar-refractivity contribution in [1.82, 2.24) is 4.90 Å². The minimum absolute atomic E-state index is 0.316. The number of carbonyl (C=O) groups is 2. The molecule has 1 amide bonds. The van der Waals surface area contributed by atoms with Gasteiger partial charge in [0.1, 0.15) is 18.0 Å². The van der Waals surface area contributed by atoms with Gasteiger partial charge in [-0.2, -0.15) is 0 Å². The van der Waals surface area contributed by atoms with E-state index >= 15 is 0 Å². The second kappa shape index (κ2) is 6.89. The van der Waals surface area contributed by atoms with Gasteiger partial charge in [0.2, 0.25) is 0 Å². The first-order chi connectivity index (χ1) is 10.8. The third-order valence-corrected chi connectivity index (χ3v) is 3.20. The standard InChI is InChI=1S/C17H23NO5/c1-5-21-15(19)12-6-7-14-13(10-12)11-18(8-9-22-14)16(20)23-17(2,3)4/h6-7,10H,5,8-9,11H2,1-4H3. The highest BCUT2D eigenvalue weighted by molar-refractivity contribution is 5.90. The van der Waals surface area contributed by atoms with Gasteiger partial charge in [-0.05, 0) is 45.9 Å². The van der Waals surface area contributed by atoms with Crippen LogP contribution in [0.2, 0.25) is 0 Å². The number of carbonyl (C=O) groups excluding carboxylic acids is 2. The van der Waals surface area contributed by atoms with E-state index in [2.05, 4.69) is 0 Å². The normalized spacial score (nSPS) is 14.3. The molecule has 0 aromatic heterocycles. The van der Waals surface area contributed by atoms with Crippen molar-refractivity contribution in [2.75, 3.05) is 19.8 Å². The molecular formula is C17H23NO5. The number of nitrogens with zero attached hydrogens (tertiary/aromatic N) is 1. The Hall–Kier alpha value is -2.24. The molecule has 0 N–H and O–H groups in total. The summed E-state index contributed by atoms with van der Waals surface area (Å²) in [4.78, 5) is 25.7. The number of esters is 1. The van der Waals surface area contributed by atoms with Crippen LogP contribution in [0.3, 0.4) is 0 Å². The van der Waals surface area contributed by atoms with Gasteiger partial charge in [-0.1, -0.05) is 0 Å². The highest BCUT2D eigenvalue weighted by Gasteiger charge is 2.25. The zero-order chi connectivity index (χ0) is 17.0. The highest BCUT2D eigenvalue weighted by Crippen LogP contribution is 2.25. The Morgan fingerprint density at radius 1 is 1.30 bits per heavy atom. The molecule has 23 heavy (non-hydrogen) atoms. The Bertz CT molecular complexity index is 591. The summed E-state index contributed by atoms with van der Waals surface area (Å²) < 4.78 is 16.1. The van der Waals surface area contributed by atoms with Gasteiger partial charge in [-0.3, -0.25) is 0 Å². The molecule has 1 aromatic rings. The maximum absolute atomic E-state index is 12.3. The van der Waals surface area contributed by atoms with E-state index < -0.39 is 11.7 Å². The van der Waals surface area contributed by atoms with E-state index in [0.717, 1.165) is 5.56 Å². The number of ether oxygens (including phenoxy) is 3. The van der Waals surface area contributed by atoms with Crippen molar-refractivity contribution in [3.8, 4) is 5.75 Å². The molecule has 0 saturated heterocycles. The highest BCUT2D eigenvalue weighted by atomic mass is 16.6. The fourth-order valence-electron chi connectivity index (χ4n) is 2.22. The molecule has 1 heterocycles. The topological polar surface area (TPSA) is 65.1 Å². The molecule has 6 nitrogen and oxygen atoms in total. The Balaban J connectivity index is 2.19.